The van der Waals surface area contributed by atoms with E-state index in [1.165, 1.54) is 26.8 Å². The number of hydrogen-bond acceptors (Lipinski definition) is 41. The Morgan fingerprint density at radius 2 is 0.969 bits per heavy atom. The molecule has 728 valence electrons. The maximum Gasteiger partial charge on any atom is 0.333 e. The summed E-state index contributed by atoms with van der Waals surface area (Å²) in [6, 6.07) is 0. The molecule has 0 aromatic carbocycles. The SMILES string of the molecule is C=C[C@](C)(CC/C=C(\C)C(=O)O[C@H]1C[C@]2(C(=O)O[C@@H]3O[C@H](CO)[C@@H](O)[C@H](O)[C@H]3O[C@@H]3O[C@@H](C)[C@H](O[C@@H]4O[C@@H](CO)[C@H](O)[C@H]4O)[C@@H](O[C@@H]4O[C@H](CO)[C@@H](O)[C@H](O)[C@H]4O)[C@H]3O)CC[C@]3(C)C(=CC[C@@H]4[C@@]5(C)CC[C@H](O[C@@H]6O[C@H](CO[C@@H]7O[C@H](C)[C@H](O)[C@H](O)[C@H]7O[C@@H]7OC[C@@H](O)[C@H](O)[C@H]7O)[C@@H](O)[C@H](O)[C@H]6O)C(C)(C)[C@@H]5CC[C@]43C)[C@@H]2CC1(C)C)O[C@@H]1O[C@H](C)[C@@H](O)[C@H](O)[C@H]1O. The van der Waals surface area contributed by atoms with Crippen molar-refractivity contribution < 1.29 is 202 Å². The number of aliphatic hydroxyl groups excluding tert-OH is 22. The van der Waals surface area contributed by atoms with Gasteiger partial charge in [0, 0.05) is 17.4 Å². The molecule has 0 amide bonds. The molecule has 0 aromatic heterocycles. The third-order valence-electron chi connectivity index (χ3n) is 31.4. The van der Waals surface area contributed by atoms with Gasteiger partial charge in [-0.2, -0.15) is 0 Å². The van der Waals surface area contributed by atoms with Gasteiger partial charge in [0.1, 0.15) is 165 Å². The highest BCUT2D eigenvalue weighted by molar-refractivity contribution is 5.88. The first kappa shape index (κ1) is 101. The van der Waals surface area contributed by atoms with Gasteiger partial charge in [0.15, 0.2) is 50.1 Å². The Kier molecular flexibility index (Phi) is 31.1. The molecular weight excluding hydrogens is 1690 g/mol. The molecule has 0 radical (unpaired) electrons. The first-order valence-electron chi connectivity index (χ1n) is 44.5. The quantitative estimate of drug-likeness (QED) is 0.0167. The van der Waals surface area contributed by atoms with Gasteiger partial charge in [0.25, 0.3) is 0 Å². The monoisotopic (exact) mass is 1830 g/mol. The molecule has 0 aromatic rings. The van der Waals surface area contributed by atoms with Crippen molar-refractivity contribution in [1.29, 1.82) is 0 Å². The van der Waals surface area contributed by atoms with Crippen LogP contribution in [0.15, 0.2) is 36.0 Å². The van der Waals surface area contributed by atoms with E-state index in [2.05, 4.69) is 47.3 Å². The van der Waals surface area contributed by atoms with Crippen molar-refractivity contribution in [2.24, 2.45) is 50.2 Å². The fourth-order valence-electron chi connectivity index (χ4n) is 22.9. The number of carbonyl (C=O) groups excluding carboxylic acids is 2. The van der Waals surface area contributed by atoms with Crippen LogP contribution in [0.3, 0.4) is 0 Å². The molecular formula is C86H138O41. The van der Waals surface area contributed by atoms with E-state index in [0.29, 0.717) is 38.5 Å². The second-order valence-electron chi connectivity index (χ2n) is 39.9. The van der Waals surface area contributed by atoms with E-state index < -0.39 is 335 Å². The summed E-state index contributed by atoms with van der Waals surface area (Å²) in [7, 11) is 0. The van der Waals surface area contributed by atoms with Crippen LogP contribution in [0.1, 0.15) is 154 Å². The maximum absolute atomic E-state index is 16.6. The molecule has 22 N–H and O–H groups in total. The molecule has 127 heavy (non-hydrogen) atoms. The minimum absolute atomic E-state index is 0.0344. The van der Waals surface area contributed by atoms with Crippen LogP contribution < -0.4 is 0 Å². The fraction of sp³-hybridized carbons (Fsp3) is 0.907. The van der Waals surface area contributed by atoms with E-state index in [1.54, 1.807) is 19.9 Å². The molecule has 5 aliphatic carbocycles. The molecule has 12 fully saturated rings. The van der Waals surface area contributed by atoms with E-state index in [4.69, 9.17) is 80.5 Å². The number of rotatable bonds is 26. The zero-order valence-corrected chi connectivity index (χ0v) is 73.7. The number of fused-ring (bicyclic) bond motifs is 7. The van der Waals surface area contributed by atoms with Gasteiger partial charge < -0.3 is 193 Å². The fourth-order valence-corrected chi connectivity index (χ4v) is 22.9. The van der Waals surface area contributed by atoms with Gasteiger partial charge in [0.05, 0.1) is 68.5 Å². The Morgan fingerprint density at radius 3 is 1.59 bits per heavy atom. The number of esters is 2. The molecule has 0 unspecified atom stereocenters. The predicted molar refractivity (Wildman–Crippen MR) is 426 cm³/mol. The van der Waals surface area contributed by atoms with Crippen LogP contribution in [-0.2, 0) is 90.1 Å². The third-order valence-corrected chi connectivity index (χ3v) is 31.4. The summed E-state index contributed by atoms with van der Waals surface area (Å²) in [6.07, 6.45) is -57.3. The van der Waals surface area contributed by atoms with Crippen molar-refractivity contribution in [2.75, 3.05) is 33.0 Å². The van der Waals surface area contributed by atoms with Gasteiger partial charge in [-0.25, -0.2) is 4.79 Å². The predicted octanol–water partition coefficient (Wildman–Crippen LogP) is -5.19. The Hall–Kier alpha value is -3.32. The normalized spacial score (nSPS) is 51.7. The van der Waals surface area contributed by atoms with Crippen LogP contribution in [0.2, 0.25) is 0 Å². The highest BCUT2D eigenvalue weighted by Crippen LogP contribution is 2.76. The summed E-state index contributed by atoms with van der Waals surface area (Å²) in [5.41, 5.74) is -5.01. The Bertz CT molecular complexity index is 3790. The molecule has 4 saturated carbocycles. The molecule has 41 heteroatoms. The first-order valence-corrected chi connectivity index (χ1v) is 44.5. The number of hydrogen-bond donors (Lipinski definition) is 22. The Balaban J connectivity index is 0.774. The highest BCUT2D eigenvalue weighted by atomic mass is 16.8. The lowest BCUT2D eigenvalue weighted by Crippen LogP contribution is -2.67. The van der Waals surface area contributed by atoms with Crippen molar-refractivity contribution >= 4 is 11.9 Å². The lowest BCUT2D eigenvalue weighted by Gasteiger charge is -2.71. The first-order chi connectivity index (χ1) is 59.5. The van der Waals surface area contributed by atoms with Gasteiger partial charge in [-0.3, -0.25) is 4.79 Å². The molecule has 0 spiro atoms. The van der Waals surface area contributed by atoms with Gasteiger partial charge in [-0.05, 0) is 138 Å². The topological polar surface area (TPSA) is 636 Å². The van der Waals surface area contributed by atoms with Crippen LogP contribution in [0.4, 0.5) is 0 Å². The van der Waals surface area contributed by atoms with Crippen molar-refractivity contribution in [1.82, 2.24) is 0 Å². The standard InChI is InChI=1S/C86H138O41/c1-14-82(10,127-76-64(107)55(98)48(91)34(3)113-76)21-15-16-33(2)70(109)120-47-27-86(79(110)126-78-69(59(102)52(95)41(29-88)118-78)125-75-65(108)67(123-74-63(106)56(99)51(94)40(28-87)116-74)66(36(5)115-75)122-73-61(104)53(96)42(30-89)117-73)25-24-84(12)37(38(86)26-80(47,6)7)17-18-45-83(11)22-20-46(81(8,9)44(83)19-23-85(45,84)13)121-72-62(105)57(100)54(97)43(119-72)32-112-77-68(58(101)49(92)35(4)114-77)124-71-60(103)50(93)39(90)31-111-71/h14,16-17,34-36,38-69,71-78,87-108H,1,15,18-32H2,2-13H3/b33-16+/t34-,35-,36+,38+,39-,40-,41-,42+,43-,44+,45-,46+,47+,48-,49+,50+,51-,52-,53+,54-,55+,56+,57+,58+,59+,60-,61-,62-,63-,64-,65-,66+,67+,68-,69-,71+,72+,73+,74+,75+,76+,77-,78+,82-,83+,84-,85-,86-/m1/s1. The molecule has 48 atom stereocenters. The minimum Gasteiger partial charge on any atom is -0.458 e. The molecule has 8 heterocycles. The molecule has 8 aliphatic heterocycles. The molecule has 13 aliphatic rings. The van der Waals surface area contributed by atoms with Gasteiger partial charge >= 0.3 is 11.9 Å². The van der Waals surface area contributed by atoms with Crippen molar-refractivity contribution in [3.8, 4) is 0 Å². The Morgan fingerprint density at radius 1 is 0.480 bits per heavy atom. The summed E-state index contributed by atoms with van der Waals surface area (Å²) < 4.78 is 104. The average Bonchev–Trinajstić information content (AvgIpc) is 0.932. The van der Waals surface area contributed by atoms with Crippen LogP contribution in [0, 0.1) is 50.2 Å². The largest absolute Gasteiger partial charge is 0.458 e. The molecule has 13 rings (SSSR count). The summed E-state index contributed by atoms with van der Waals surface area (Å²) in [4.78, 5) is 31.5. The third kappa shape index (κ3) is 18.8. The van der Waals surface area contributed by atoms with E-state index in [0.717, 1.165) is 5.57 Å². The second kappa shape index (κ2) is 39.0. The van der Waals surface area contributed by atoms with E-state index in [9.17, 15) is 117 Å². The number of ether oxygens (including phenoxy) is 17. The van der Waals surface area contributed by atoms with Crippen molar-refractivity contribution in [3.05, 3.63) is 36.0 Å². The van der Waals surface area contributed by atoms with E-state index >= 15 is 4.79 Å². The van der Waals surface area contributed by atoms with Crippen LogP contribution in [-0.4, -0.2) is 409 Å². The van der Waals surface area contributed by atoms with E-state index in [1.807, 2.05) is 13.8 Å². The van der Waals surface area contributed by atoms with Crippen LogP contribution in [0.5, 0.6) is 0 Å². The van der Waals surface area contributed by atoms with Crippen LogP contribution >= 0.6 is 0 Å². The van der Waals surface area contributed by atoms with Crippen LogP contribution in [0.25, 0.3) is 0 Å². The number of allylic oxidation sites excluding steroid dienone is 3. The number of carbonyl (C=O) groups is 2. The lowest BCUT2D eigenvalue weighted by atomic mass is 9.33. The lowest BCUT2D eigenvalue weighted by molar-refractivity contribution is -0.390. The summed E-state index contributed by atoms with van der Waals surface area (Å²) in [6.45, 7) is 22.7. The van der Waals surface area contributed by atoms with Gasteiger partial charge in [-0.15, -0.1) is 6.58 Å². The molecule has 0 bridgehead atoms. The van der Waals surface area contributed by atoms with Crippen molar-refractivity contribution in [3.63, 3.8) is 0 Å². The summed E-state index contributed by atoms with van der Waals surface area (Å²) in [5, 5.41) is 242. The zero-order valence-electron chi connectivity index (χ0n) is 73.7. The Labute approximate surface area is 735 Å². The smallest absolute Gasteiger partial charge is 0.333 e. The minimum atomic E-state index is -2.21. The highest BCUT2D eigenvalue weighted by Gasteiger charge is 2.72. The van der Waals surface area contributed by atoms with Gasteiger partial charge in [0.2, 0.25) is 6.29 Å². The molecule has 8 saturated heterocycles. The average molecular weight is 1830 g/mol. The van der Waals surface area contributed by atoms with E-state index in [-0.39, 0.29) is 49.5 Å². The second-order valence-corrected chi connectivity index (χ2v) is 39.9. The summed E-state index contributed by atoms with van der Waals surface area (Å²) in [5.74, 6) is -2.50. The number of aliphatic hydroxyl groups is 22. The van der Waals surface area contributed by atoms with Crippen molar-refractivity contribution in [2.45, 2.75) is 405 Å². The molecule has 41 nitrogen and oxygen atoms in total. The maximum atomic E-state index is 16.6. The summed E-state index contributed by atoms with van der Waals surface area (Å²) >= 11 is 0. The zero-order chi connectivity index (χ0) is 93.1. The van der Waals surface area contributed by atoms with Gasteiger partial charge in [-0.1, -0.05) is 72.3 Å².